The molecule has 2 aliphatic rings. The van der Waals surface area contributed by atoms with Gasteiger partial charge in [-0.05, 0) is 38.5 Å². The maximum Gasteiger partial charge on any atom is 0.311 e. The summed E-state index contributed by atoms with van der Waals surface area (Å²) in [6.07, 6.45) is 9.01. The van der Waals surface area contributed by atoms with Crippen LogP contribution in [0.1, 0.15) is 52.4 Å². The van der Waals surface area contributed by atoms with Crippen LogP contribution in [0.4, 0.5) is 0 Å². The second kappa shape index (κ2) is 9.45. The van der Waals surface area contributed by atoms with Gasteiger partial charge in [-0.3, -0.25) is 19.2 Å². The molecule has 4 N–H and O–H groups in total. The number of hydrogen-bond donors (Lipinski definition) is 4. The molecule has 0 heterocycles. The van der Waals surface area contributed by atoms with E-state index in [-0.39, 0.29) is 5.92 Å². The van der Waals surface area contributed by atoms with Gasteiger partial charge in [0.15, 0.2) is 0 Å². The van der Waals surface area contributed by atoms with Gasteiger partial charge in [0, 0.05) is 5.41 Å². The van der Waals surface area contributed by atoms with E-state index in [0.717, 1.165) is 25.7 Å². The highest BCUT2D eigenvalue weighted by Crippen LogP contribution is 2.52. The number of allylic oxidation sites excluding steroid dienone is 3. The molecule has 0 bridgehead atoms. The van der Waals surface area contributed by atoms with Crippen LogP contribution in [0.5, 0.6) is 0 Å². The van der Waals surface area contributed by atoms with Gasteiger partial charge in [0.2, 0.25) is 0 Å². The van der Waals surface area contributed by atoms with E-state index in [1.807, 2.05) is 12.2 Å². The maximum absolute atomic E-state index is 12.4. The van der Waals surface area contributed by atoms with Gasteiger partial charge in [0.1, 0.15) is 0 Å². The third-order valence-corrected chi connectivity index (χ3v) is 6.98. The van der Waals surface area contributed by atoms with Crippen molar-refractivity contribution in [3.05, 3.63) is 23.8 Å². The molecule has 0 aromatic rings. The van der Waals surface area contributed by atoms with Gasteiger partial charge in [-0.15, -0.1) is 0 Å². The Bertz CT molecular complexity index is 767. The van der Waals surface area contributed by atoms with Crippen molar-refractivity contribution < 1.29 is 39.6 Å². The molecule has 8 heteroatoms. The number of hydrogen-bond acceptors (Lipinski definition) is 4. The molecular formula is C22H30O8. The summed E-state index contributed by atoms with van der Waals surface area (Å²) < 4.78 is 0. The molecule has 0 saturated carbocycles. The van der Waals surface area contributed by atoms with Gasteiger partial charge in [0.05, 0.1) is 23.7 Å². The summed E-state index contributed by atoms with van der Waals surface area (Å²) >= 11 is 0. The van der Waals surface area contributed by atoms with Gasteiger partial charge in [-0.1, -0.05) is 43.6 Å². The molecule has 0 fully saturated rings. The topological polar surface area (TPSA) is 149 Å². The lowest BCUT2D eigenvalue weighted by Gasteiger charge is -2.46. The molecule has 8 nitrogen and oxygen atoms in total. The minimum absolute atomic E-state index is 0.298. The summed E-state index contributed by atoms with van der Waals surface area (Å²) in [5.74, 6) is -11.7. The van der Waals surface area contributed by atoms with Gasteiger partial charge in [-0.25, -0.2) is 0 Å². The Morgan fingerprint density at radius 3 is 2.07 bits per heavy atom. The Kier molecular flexibility index (Phi) is 7.44. The van der Waals surface area contributed by atoms with Crippen LogP contribution in [0, 0.1) is 35.0 Å². The highest BCUT2D eigenvalue weighted by Gasteiger charge is 2.54. The molecule has 0 saturated heterocycles. The number of carboxylic acid groups (broad SMARTS) is 4. The van der Waals surface area contributed by atoms with E-state index in [2.05, 4.69) is 0 Å². The minimum atomic E-state index is -1.53. The van der Waals surface area contributed by atoms with Crippen molar-refractivity contribution >= 4 is 23.9 Å². The molecule has 0 aromatic heterocycles. The van der Waals surface area contributed by atoms with Crippen LogP contribution in [-0.4, -0.2) is 44.3 Å². The maximum atomic E-state index is 12.4. The monoisotopic (exact) mass is 422 g/mol. The second-order valence-corrected chi connectivity index (χ2v) is 8.61. The summed E-state index contributed by atoms with van der Waals surface area (Å²) in [6.45, 7) is 3.28. The molecule has 0 amide bonds. The van der Waals surface area contributed by atoms with Crippen LogP contribution in [0.15, 0.2) is 23.8 Å². The average molecular weight is 422 g/mol. The smallest absolute Gasteiger partial charge is 0.311 e. The standard InChI is InChI=1S/C22H30O8/c1-12-10-14(18(23)24)15(19(25)26)11-16(20(27)28)17(21(29)30)22(12,2)13-8-6-4-3-5-7-9-13/h6,8,10,13-17H,3-5,7,9,11H2,1-2H3,(H,23,24)(H,25,26)(H,27,28)(H,29,30). The first kappa shape index (κ1) is 23.6. The summed E-state index contributed by atoms with van der Waals surface area (Å²) in [5, 5.41) is 39.2. The molecule has 2 rings (SSSR count). The van der Waals surface area contributed by atoms with Gasteiger partial charge < -0.3 is 20.4 Å². The van der Waals surface area contributed by atoms with E-state index >= 15 is 0 Å². The molecule has 0 aliphatic heterocycles. The van der Waals surface area contributed by atoms with Crippen molar-refractivity contribution in [2.45, 2.75) is 52.4 Å². The first-order valence-electron chi connectivity index (χ1n) is 10.3. The summed E-state index contributed by atoms with van der Waals surface area (Å²) in [5.41, 5.74) is -0.755. The zero-order chi connectivity index (χ0) is 22.6. The van der Waals surface area contributed by atoms with Gasteiger partial charge in [0.25, 0.3) is 0 Å². The van der Waals surface area contributed by atoms with Crippen LogP contribution in [0.25, 0.3) is 0 Å². The Hall–Kier alpha value is -2.64. The van der Waals surface area contributed by atoms with Crippen molar-refractivity contribution in [3.8, 4) is 0 Å². The van der Waals surface area contributed by atoms with E-state index in [4.69, 9.17) is 0 Å². The fourth-order valence-electron chi connectivity index (χ4n) is 5.14. The lowest BCUT2D eigenvalue weighted by atomic mass is 9.55. The molecule has 0 aromatic carbocycles. The first-order valence-corrected chi connectivity index (χ1v) is 10.3. The lowest BCUT2D eigenvalue weighted by molar-refractivity contribution is -0.164. The van der Waals surface area contributed by atoms with Crippen molar-refractivity contribution in [1.29, 1.82) is 0 Å². The molecule has 166 valence electrons. The SMILES string of the molecule is CC1=CC(C(=O)O)C(C(=O)O)CC(C(=O)O)C(C(=O)O)C1(C)C1C=CCCCCC1. The number of carbonyl (C=O) groups is 4. The molecule has 6 atom stereocenters. The Balaban J connectivity index is 2.77. The lowest BCUT2D eigenvalue weighted by Crippen LogP contribution is -2.49. The van der Waals surface area contributed by atoms with Crippen LogP contribution < -0.4 is 0 Å². The predicted octanol–water partition coefficient (Wildman–Crippen LogP) is 3.28. The third kappa shape index (κ3) is 4.57. The normalized spacial score (nSPS) is 35.1. The molecule has 0 radical (unpaired) electrons. The van der Waals surface area contributed by atoms with Crippen molar-refractivity contribution in [2.75, 3.05) is 0 Å². The van der Waals surface area contributed by atoms with E-state index in [1.165, 1.54) is 6.08 Å². The van der Waals surface area contributed by atoms with E-state index < -0.39 is 59.4 Å². The Morgan fingerprint density at radius 1 is 0.900 bits per heavy atom. The number of aliphatic carboxylic acids is 4. The van der Waals surface area contributed by atoms with E-state index in [0.29, 0.717) is 12.0 Å². The van der Waals surface area contributed by atoms with Gasteiger partial charge >= 0.3 is 23.9 Å². The van der Waals surface area contributed by atoms with E-state index in [9.17, 15) is 39.6 Å². The summed E-state index contributed by atoms with van der Waals surface area (Å²) in [7, 11) is 0. The largest absolute Gasteiger partial charge is 0.481 e. The first-order chi connectivity index (χ1) is 14.0. The zero-order valence-electron chi connectivity index (χ0n) is 17.3. The van der Waals surface area contributed by atoms with E-state index in [1.54, 1.807) is 13.8 Å². The fourth-order valence-corrected chi connectivity index (χ4v) is 5.14. The predicted molar refractivity (Wildman–Crippen MR) is 107 cm³/mol. The van der Waals surface area contributed by atoms with Crippen molar-refractivity contribution in [2.24, 2.45) is 35.0 Å². The fraction of sp³-hybridized carbons (Fsp3) is 0.636. The van der Waals surface area contributed by atoms with Gasteiger partial charge in [-0.2, -0.15) is 0 Å². The minimum Gasteiger partial charge on any atom is -0.481 e. The zero-order valence-corrected chi connectivity index (χ0v) is 17.3. The molecule has 30 heavy (non-hydrogen) atoms. The molecule has 2 aliphatic carbocycles. The Morgan fingerprint density at radius 2 is 1.53 bits per heavy atom. The van der Waals surface area contributed by atoms with Crippen molar-refractivity contribution in [1.82, 2.24) is 0 Å². The summed E-state index contributed by atoms with van der Waals surface area (Å²) in [4.78, 5) is 48.2. The van der Waals surface area contributed by atoms with Crippen LogP contribution in [0.2, 0.25) is 0 Å². The highest BCUT2D eigenvalue weighted by molar-refractivity contribution is 5.85. The van der Waals surface area contributed by atoms with Crippen molar-refractivity contribution in [3.63, 3.8) is 0 Å². The Labute approximate surface area is 175 Å². The quantitative estimate of drug-likeness (QED) is 0.493. The second-order valence-electron chi connectivity index (χ2n) is 8.61. The summed E-state index contributed by atoms with van der Waals surface area (Å²) in [6, 6.07) is 0. The average Bonchev–Trinajstić information content (AvgIpc) is 2.60. The molecular weight excluding hydrogens is 392 g/mol. The highest BCUT2D eigenvalue weighted by atomic mass is 16.4. The number of rotatable bonds is 5. The molecule has 0 spiro atoms. The van der Waals surface area contributed by atoms with Crippen LogP contribution in [0.3, 0.4) is 0 Å². The van der Waals surface area contributed by atoms with Crippen LogP contribution >= 0.6 is 0 Å². The van der Waals surface area contributed by atoms with Crippen LogP contribution in [-0.2, 0) is 19.2 Å². The third-order valence-electron chi connectivity index (χ3n) is 6.98. The number of carboxylic acids is 4. The molecule has 6 unspecified atom stereocenters.